The second-order valence-corrected chi connectivity index (χ2v) is 6.27. The standard InChI is InChI=1S/C21H16F5NO2/c1-4-17(23)16(12(3)22)10-27-13-5-6-14(18(24)8-13)15-9-20-19(7-11(15)2)28-21(25,26)29-20/h4-9,27H,1,3,10H2,2H3/b17-16+. The second kappa shape index (κ2) is 7.62. The van der Waals surface area contributed by atoms with Crippen LogP contribution in [-0.2, 0) is 0 Å². The molecule has 1 heterocycles. The van der Waals surface area contributed by atoms with Gasteiger partial charge in [-0.2, -0.15) is 0 Å². The van der Waals surface area contributed by atoms with Crippen LogP contribution in [0.3, 0.4) is 0 Å². The number of benzene rings is 2. The highest BCUT2D eigenvalue weighted by Crippen LogP contribution is 2.45. The molecule has 152 valence electrons. The van der Waals surface area contributed by atoms with Crippen LogP contribution in [0.1, 0.15) is 5.56 Å². The van der Waals surface area contributed by atoms with Crippen LogP contribution in [0, 0.1) is 12.7 Å². The van der Waals surface area contributed by atoms with E-state index in [4.69, 9.17) is 0 Å². The molecule has 0 amide bonds. The molecule has 8 heteroatoms. The molecule has 0 spiro atoms. The van der Waals surface area contributed by atoms with Gasteiger partial charge in [0.25, 0.3) is 0 Å². The third kappa shape index (κ3) is 4.26. The summed E-state index contributed by atoms with van der Waals surface area (Å²) in [5, 5.41) is 2.70. The molecule has 0 radical (unpaired) electrons. The summed E-state index contributed by atoms with van der Waals surface area (Å²) >= 11 is 0. The Hall–Kier alpha value is -3.29. The van der Waals surface area contributed by atoms with Gasteiger partial charge in [0, 0.05) is 23.4 Å². The van der Waals surface area contributed by atoms with Crippen molar-refractivity contribution in [1.29, 1.82) is 0 Å². The summed E-state index contributed by atoms with van der Waals surface area (Å²) in [6.45, 7) is 7.62. The van der Waals surface area contributed by atoms with E-state index in [0.717, 1.165) is 12.1 Å². The number of anilines is 1. The predicted molar refractivity (Wildman–Crippen MR) is 99.8 cm³/mol. The predicted octanol–water partition coefficient (Wildman–Crippen LogP) is 6.43. The molecule has 0 atom stereocenters. The number of aryl methyl sites for hydroxylation is 1. The number of alkyl halides is 2. The van der Waals surface area contributed by atoms with Gasteiger partial charge in [0.2, 0.25) is 0 Å². The highest BCUT2D eigenvalue weighted by Gasteiger charge is 2.43. The van der Waals surface area contributed by atoms with Gasteiger partial charge in [0.1, 0.15) is 17.5 Å². The summed E-state index contributed by atoms with van der Waals surface area (Å²) in [4.78, 5) is 0. The van der Waals surface area contributed by atoms with Crippen molar-refractivity contribution in [2.75, 3.05) is 11.9 Å². The van der Waals surface area contributed by atoms with E-state index in [9.17, 15) is 22.0 Å². The van der Waals surface area contributed by atoms with Crippen molar-refractivity contribution in [3.8, 4) is 22.6 Å². The molecular weight excluding hydrogens is 393 g/mol. The SMILES string of the molecule is C=C/C(F)=C(/CNc1ccc(-c2cc3c(cc2C)OC(F)(F)O3)c(F)c1)C(=C)F. The maximum atomic E-state index is 14.7. The lowest BCUT2D eigenvalue weighted by atomic mass is 9.99. The van der Waals surface area contributed by atoms with Crippen LogP contribution in [0.15, 0.2) is 66.8 Å². The van der Waals surface area contributed by atoms with E-state index in [1.54, 1.807) is 6.92 Å². The highest BCUT2D eigenvalue weighted by atomic mass is 19.3. The van der Waals surface area contributed by atoms with Crippen molar-refractivity contribution >= 4 is 5.69 Å². The minimum atomic E-state index is -3.77. The topological polar surface area (TPSA) is 30.5 Å². The lowest BCUT2D eigenvalue weighted by Crippen LogP contribution is -2.25. The van der Waals surface area contributed by atoms with Gasteiger partial charge in [0.05, 0.1) is 0 Å². The van der Waals surface area contributed by atoms with Crippen LogP contribution >= 0.6 is 0 Å². The molecule has 0 aliphatic carbocycles. The van der Waals surface area contributed by atoms with Gasteiger partial charge in [-0.15, -0.1) is 8.78 Å². The lowest BCUT2D eigenvalue weighted by molar-refractivity contribution is -0.286. The fourth-order valence-electron chi connectivity index (χ4n) is 2.86. The van der Waals surface area contributed by atoms with Crippen LogP contribution < -0.4 is 14.8 Å². The molecule has 0 saturated heterocycles. The Morgan fingerprint density at radius 1 is 1.10 bits per heavy atom. The first-order valence-corrected chi connectivity index (χ1v) is 8.41. The summed E-state index contributed by atoms with van der Waals surface area (Å²) in [6, 6.07) is 6.63. The number of fused-ring (bicyclic) bond motifs is 1. The quantitative estimate of drug-likeness (QED) is 0.441. The molecule has 0 saturated carbocycles. The molecule has 3 nitrogen and oxygen atoms in total. The Labute approximate surface area is 163 Å². The van der Waals surface area contributed by atoms with Gasteiger partial charge in [0.15, 0.2) is 11.5 Å². The minimum Gasteiger partial charge on any atom is -0.395 e. The Kier molecular flexibility index (Phi) is 5.37. The van der Waals surface area contributed by atoms with E-state index in [1.165, 1.54) is 24.3 Å². The Morgan fingerprint density at radius 2 is 1.76 bits per heavy atom. The zero-order valence-corrected chi connectivity index (χ0v) is 15.3. The van der Waals surface area contributed by atoms with Crippen molar-refractivity contribution in [3.63, 3.8) is 0 Å². The van der Waals surface area contributed by atoms with E-state index >= 15 is 0 Å². The zero-order chi connectivity index (χ0) is 21.3. The molecule has 2 aromatic rings. The first kappa shape index (κ1) is 20.4. The third-order valence-corrected chi connectivity index (χ3v) is 4.27. The average molecular weight is 409 g/mol. The largest absolute Gasteiger partial charge is 0.586 e. The van der Waals surface area contributed by atoms with Crippen LogP contribution in [0.5, 0.6) is 11.5 Å². The van der Waals surface area contributed by atoms with Crippen LogP contribution in [0.4, 0.5) is 27.6 Å². The van der Waals surface area contributed by atoms with Crippen LogP contribution in [0.2, 0.25) is 0 Å². The van der Waals surface area contributed by atoms with Gasteiger partial charge >= 0.3 is 6.29 Å². The monoisotopic (exact) mass is 409 g/mol. The van der Waals surface area contributed by atoms with Crippen molar-refractivity contribution < 1.29 is 31.4 Å². The van der Waals surface area contributed by atoms with Crippen molar-refractivity contribution in [2.24, 2.45) is 0 Å². The fourth-order valence-corrected chi connectivity index (χ4v) is 2.86. The molecule has 0 bridgehead atoms. The lowest BCUT2D eigenvalue weighted by Gasteiger charge is -2.12. The summed E-state index contributed by atoms with van der Waals surface area (Å²) in [5.74, 6) is -2.86. The van der Waals surface area contributed by atoms with Gasteiger partial charge < -0.3 is 14.8 Å². The van der Waals surface area contributed by atoms with Gasteiger partial charge in [-0.25, -0.2) is 13.2 Å². The zero-order valence-electron chi connectivity index (χ0n) is 15.3. The molecule has 3 rings (SSSR count). The van der Waals surface area contributed by atoms with E-state index in [-0.39, 0.29) is 34.9 Å². The van der Waals surface area contributed by atoms with E-state index < -0.39 is 23.8 Å². The van der Waals surface area contributed by atoms with Crippen LogP contribution in [-0.4, -0.2) is 12.8 Å². The summed E-state index contributed by atoms with van der Waals surface area (Å²) in [5.41, 5.74) is 0.891. The summed E-state index contributed by atoms with van der Waals surface area (Å²) in [7, 11) is 0. The molecule has 1 N–H and O–H groups in total. The second-order valence-electron chi connectivity index (χ2n) is 6.27. The summed E-state index contributed by atoms with van der Waals surface area (Å²) in [6.07, 6.45) is -2.93. The number of hydrogen-bond acceptors (Lipinski definition) is 3. The van der Waals surface area contributed by atoms with Gasteiger partial charge in [-0.1, -0.05) is 13.2 Å². The molecule has 29 heavy (non-hydrogen) atoms. The molecule has 2 aromatic carbocycles. The average Bonchev–Trinajstić information content (AvgIpc) is 2.93. The number of halogens is 5. The van der Waals surface area contributed by atoms with Gasteiger partial charge in [-0.05, 0) is 54.5 Å². The molecular formula is C21H16F5NO2. The number of rotatable bonds is 6. The number of nitrogens with one attached hydrogen (secondary N) is 1. The van der Waals surface area contributed by atoms with E-state index in [0.29, 0.717) is 11.1 Å². The fraction of sp³-hybridized carbons (Fsp3) is 0.143. The van der Waals surface area contributed by atoms with Crippen molar-refractivity contribution in [2.45, 2.75) is 13.2 Å². The summed E-state index contributed by atoms with van der Waals surface area (Å²) < 4.78 is 76.9. The third-order valence-electron chi connectivity index (χ3n) is 4.27. The first-order chi connectivity index (χ1) is 13.6. The molecule has 1 aliphatic heterocycles. The normalized spacial score (nSPS) is 15.0. The maximum absolute atomic E-state index is 14.7. The number of hydrogen-bond donors (Lipinski definition) is 1. The number of ether oxygens (including phenoxy) is 2. The molecule has 0 aromatic heterocycles. The Morgan fingerprint density at radius 3 is 2.34 bits per heavy atom. The van der Waals surface area contributed by atoms with Gasteiger partial charge in [-0.3, -0.25) is 0 Å². The maximum Gasteiger partial charge on any atom is 0.586 e. The van der Waals surface area contributed by atoms with Crippen molar-refractivity contribution in [3.05, 3.63) is 78.2 Å². The van der Waals surface area contributed by atoms with Crippen molar-refractivity contribution in [1.82, 2.24) is 0 Å². The van der Waals surface area contributed by atoms with E-state index in [1.807, 2.05) is 0 Å². The number of allylic oxidation sites excluding steroid dienone is 2. The van der Waals surface area contributed by atoms with E-state index in [2.05, 4.69) is 27.9 Å². The minimum absolute atomic E-state index is 0.134. The first-order valence-electron chi connectivity index (χ1n) is 8.41. The smallest absolute Gasteiger partial charge is 0.395 e. The molecule has 0 fully saturated rings. The Balaban J connectivity index is 1.86. The molecule has 1 aliphatic rings. The highest BCUT2D eigenvalue weighted by molar-refractivity contribution is 5.73. The molecule has 0 unspecified atom stereocenters. The van der Waals surface area contributed by atoms with Crippen LogP contribution in [0.25, 0.3) is 11.1 Å². The Bertz CT molecular complexity index is 1030.